The summed E-state index contributed by atoms with van der Waals surface area (Å²) in [4.78, 5) is 23.7. The Hall–Kier alpha value is -2.74. The number of para-hydroxylation sites is 1. The first-order valence-corrected chi connectivity index (χ1v) is 5.74. The van der Waals surface area contributed by atoms with E-state index in [1.165, 1.54) is 11.0 Å². The molecule has 0 spiro atoms. The molecular weight excluding hydrogens is 264 g/mol. The van der Waals surface area contributed by atoms with Crippen molar-refractivity contribution in [3.05, 3.63) is 42.2 Å². The van der Waals surface area contributed by atoms with E-state index in [1.54, 1.807) is 24.3 Å². The molecule has 0 aliphatic carbocycles. The number of aliphatic hydroxyl groups is 1. The van der Waals surface area contributed by atoms with Crippen LogP contribution < -0.4 is 5.32 Å². The molecule has 2 aromatic rings. The monoisotopic (exact) mass is 276 g/mol. The number of aliphatic hydroxyl groups excluding tert-OH is 1. The molecule has 3 N–H and O–H groups in total. The quantitative estimate of drug-likeness (QED) is 0.674. The molecule has 20 heavy (non-hydrogen) atoms. The molecule has 2 rings (SSSR count). The third-order valence-corrected chi connectivity index (χ3v) is 2.50. The van der Waals surface area contributed by atoms with E-state index >= 15 is 0 Å². The van der Waals surface area contributed by atoms with Crippen molar-refractivity contribution < 1.29 is 19.8 Å². The Morgan fingerprint density at radius 2 is 2.00 bits per heavy atom. The first-order chi connectivity index (χ1) is 9.61. The van der Waals surface area contributed by atoms with E-state index in [0.29, 0.717) is 5.69 Å². The van der Waals surface area contributed by atoms with E-state index in [4.69, 9.17) is 10.2 Å². The maximum atomic E-state index is 11.8. The summed E-state index contributed by atoms with van der Waals surface area (Å²) in [5.41, 5.74) is 0.636. The van der Waals surface area contributed by atoms with Gasteiger partial charge < -0.3 is 15.5 Å². The number of benzene rings is 1. The van der Waals surface area contributed by atoms with Crippen LogP contribution in [0, 0.1) is 0 Å². The predicted octanol–water partition coefficient (Wildman–Crippen LogP) is -0.557. The molecule has 1 aromatic carbocycles. The molecule has 1 atom stereocenters. The van der Waals surface area contributed by atoms with E-state index in [2.05, 4.69) is 15.5 Å². The van der Waals surface area contributed by atoms with Gasteiger partial charge in [-0.3, -0.25) is 4.79 Å². The minimum absolute atomic E-state index is 0.0337. The summed E-state index contributed by atoms with van der Waals surface area (Å²) in [5.74, 6) is -2.04. The summed E-state index contributed by atoms with van der Waals surface area (Å²) in [6.45, 7) is -0.701. The predicted molar refractivity (Wildman–Crippen MR) is 67.3 cm³/mol. The zero-order valence-corrected chi connectivity index (χ0v) is 10.3. The van der Waals surface area contributed by atoms with E-state index in [-0.39, 0.29) is 5.69 Å². The Bertz CT molecular complexity index is 611. The number of hydrogen-bond donors (Lipinski definition) is 3. The lowest BCUT2D eigenvalue weighted by Crippen LogP contribution is -2.43. The Labute approximate surface area is 113 Å². The number of nitrogens with zero attached hydrogens (tertiary/aromatic N) is 3. The SMILES string of the molecule is O=C(N[C@H](CO)C(=O)O)c1cnn(-c2ccccc2)n1. The van der Waals surface area contributed by atoms with Crippen molar-refractivity contribution in [1.29, 1.82) is 0 Å². The number of hydrogen-bond acceptors (Lipinski definition) is 5. The molecular formula is C12H12N4O4. The topological polar surface area (TPSA) is 117 Å². The molecule has 0 saturated carbocycles. The maximum Gasteiger partial charge on any atom is 0.328 e. The number of aliphatic carboxylic acids is 1. The summed E-state index contributed by atoms with van der Waals surface area (Å²) in [6.07, 6.45) is 1.22. The fourth-order valence-electron chi connectivity index (χ4n) is 1.47. The zero-order valence-electron chi connectivity index (χ0n) is 10.3. The Morgan fingerprint density at radius 1 is 1.30 bits per heavy atom. The van der Waals surface area contributed by atoms with Gasteiger partial charge in [0.25, 0.3) is 5.91 Å². The van der Waals surface area contributed by atoms with Crippen molar-refractivity contribution in [2.45, 2.75) is 6.04 Å². The number of rotatable bonds is 5. The van der Waals surface area contributed by atoms with Crippen LogP contribution in [0.5, 0.6) is 0 Å². The standard InChI is InChI=1S/C12H12N4O4/c17-7-10(12(19)20)14-11(18)9-6-13-16(15-9)8-4-2-1-3-5-8/h1-6,10,17H,7H2,(H,14,18)(H,19,20)/t10-/m1/s1. The molecule has 1 aromatic heterocycles. The number of carbonyl (C=O) groups excluding carboxylic acids is 1. The molecule has 0 saturated heterocycles. The second-order valence-electron chi connectivity index (χ2n) is 3.90. The molecule has 1 heterocycles. The zero-order chi connectivity index (χ0) is 14.5. The number of aromatic nitrogens is 3. The maximum absolute atomic E-state index is 11.8. The van der Waals surface area contributed by atoms with E-state index in [0.717, 1.165) is 0 Å². The van der Waals surface area contributed by atoms with E-state index in [9.17, 15) is 9.59 Å². The largest absolute Gasteiger partial charge is 0.480 e. The van der Waals surface area contributed by atoms with Crippen LogP contribution in [-0.2, 0) is 4.79 Å². The van der Waals surface area contributed by atoms with Gasteiger partial charge in [-0.05, 0) is 12.1 Å². The lowest BCUT2D eigenvalue weighted by molar-refractivity contribution is -0.140. The molecule has 0 aliphatic rings. The number of amides is 1. The minimum atomic E-state index is -1.37. The van der Waals surface area contributed by atoms with Gasteiger partial charge >= 0.3 is 5.97 Å². The van der Waals surface area contributed by atoms with Crippen LogP contribution in [-0.4, -0.2) is 49.7 Å². The highest BCUT2D eigenvalue weighted by molar-refractivity contribution is 5.94. The highest BCUT2D eigenvalue weighted by Gasteiger charge is 2.21. The van der Waals surface area contributed by atoms with Crippen molar-refractivity contribution in [2.24, 2.45) is 0 Å². The van der Waals surface area contributed by atoms with Crippen LogP contribution in [0.3, 0.4) is 0 Å². The molecule has 8 heteroatoms. The lowest BCUT2D eigenvalue weighted by Gasteiger charge is -2.09. The van der Waals surface area contributed by atoms with Crippen LogP contribution in [0.25, 0.3) is 5.69 Å². The fraction of sp³-hybridized carbons (Fsp3) is 0.167. The highest BCUT2D eigenvalue weighted by atomic mass is 16.4. The average molecular weight is 276 g/mol. The Morgan fingerprint density at radius 3 is 2.60 bits per heavy atom. The van der Waals surface area contributed by atoms with Gasteiger partial charge in [0.1, 0.15) is 0 Å². The molecule has 0 fully saturated rings. The van der Waals surface area contributed by atoms with E-state index < -0.39 is 24.5 Å². The van der Waals surface area contributed by atoms with Gasteiger partial charge in [0.05, 0.1) is 18.5 Å². The first-order valence-electron chi connectivity index (χ1n) is 5.74. The third-order valence-electron chi connectivity index (χ3n) is 2.50. The molecule has 8 nitrogen and oxygen atoms in total. The van der Waals surface area contributed by atoms with Gasteiger partial charge in [0, 0.05) is 0 Å². The molecule has 0 bridgehead atoms. The van der Waals surface area contributed by atoms with Crippen molar-refractivity contribution >= 4 is 11.9 Å². The van der Waals surface area contributed by atoms with Crippen LogP contribution in [0.4, 0.5) is 0 Å². The minimum Gasteiger partial charge on any atom is -0.480 e. The van der Waals surface area contributed by atoms with E-state index in [1.807, 2.05) is 6.07 Å². The van der Waals surface area contributed by atoms with Gasteiger partial charge in [-0.25, -0.2) is 4.79 Å². The van der Waals surface area contributed by atoms with Crippen molar-refractivity contribution in [3.8, 4) is 5.69 Å². The third kappa shape index (κ3) is 2.98. The molecule has 0 aliphatic heterocycles. The number of carboxylic acids is 1. The summed E-state index contributed by atoms with van der Waals surface area (Å²) < 4.78 is 0. The number of carbonyl (C=O) groups is 2. The van der Waals surface area contributed by atoms with Gasteiger partial charge in [-0.2, -0.15) is 9.90 Å². The molecule has 104 valence electrons. The van der Waals surface area contributed by atoms with Crippen molar-refractivity contribution in [3.63, 3.8) is 0 Å². The van der Waals surface area contributed by atoms with Crippen LogP contribution >= 0.6 is 0 Å². The molecule has 0 radical (unpaired) electrons. The Kier molecular flexibility index (Phi) is 4.06. The summed E-state index contributed by atoms with van der Waals surface area (Å²) >= 11 is 0. The first kappa shape index (κ1) is 13.7. The second-order valence-corrected chi connectivity index (χ2v) is 3.90. The van der Waals surface area contributed by atoms with Crippen LogP contribution in [0.2, 0.25) is 0 Å². The fourth-order valence-corrected chi connectivity index (χ4v) is 1.47. The van der Waals surface area contributed by atoms with Crippen molar-refractivity contribution in [2.75, 3.05) is 6.61 Å². The highest BCUT2D eigenvalue weighted by Crippen LogP contribution is 2.04. The molecule has 0 unspecified atom stereocenters. The average Bonchev–Trinajstić information content (AvgIpc) is 2.95. The summed E-state index contributed by atoms with van der Waals surface area (Å²) in [7, 11) is 0. The normalized spacial score (nSPS) is 11.8. The lowest BCUT2D eigenvalue weighted by atomic mass is 10.3. The van der Waals surface area contributed by atoms with Crippen LogP contribution in [0.15, 0.2) is 36.5 Å². The summed E-state index contributed by atoms with van der Waals surface area (Å²) in [6, 6.07) is 7.57. The number of nitrogens with one attached hydrogen (secondary N) is 1. The number of carboxylic acid groups (broad SMARTS) is 1. The van der Waals surface area contributed by atoms with Gasteiger partial charge in [-0.15, -0.1) is 5.10 Å². The second kappa shape index (κ2) is 5.93. The molecule has 1 amide bonds. The van der Waals surface area contributed by atoms with Gasteiger partial charge in [0.2, 0.25) is 0 Å². The van der Waals surface area contributed by atoms with Gasteiger partial charge in [-0.1, -0.05) is 18.2 Å². The van der Waals surface area contributed by atoms with Crippen LogP contribution in [0.1, 0.15) is 10.5 Å². The smallest absolute Gasteiger partial charge is 0.328 e. The van der Waals surface area contributed by atoms with Gasteiger partial charge in [0.15, 0.2) is 11.7 Å². The Balaban J connectivity index is 2.13. The van der Waals surface area contributed by atoms with Crippen molar-refractivity contribution in [1.82, 2.24) is 20.3 Å². The summed E-state index contributed by atoms with van der Waals surface area (Å²) in [5, 5.41) is 27.6.